The van der Waals surface area contributed by atoms with Crippen molar-refractivity contribution in [3.8, 4) is 0 Å². The lowest BCUT2D eigenvalue weighted by atomic mass is 9.83. The lowest BCUT2D eigenvalue weighted by molar-refractivity contribution is -0.0490. The summed E-state index contributed by atoms with van der Waals surface area (Å²) >= 11 is 0. The summed E-state index contributed by atoms with van der Waals surface area (Å²) < 4.78 is 12.3. The fourth-order valence-corrected chi connectivity index (χ4v) is 4.13. The predicted molar refractivity (Wildman–Crippen MR) is 89.1 cm³/mol. The predicted octanol–water partition coefficient (Wildman–Crippen LogP) is 3.02. The van der Waals surface area contributed by atoms with E-state index in [-0.39, 0.29) is 11.7 Å². The molecule has 0 bridgehead atoms. The Morgan fingerprint density at radius 1 is 1.22 bits per heavy atom. The second-order valence-corrected chi connectivity index (χ2v) is 7.58. The van der Waals surface area contributed by atoms with E-state index in [1.54, 1.807) is 0 Å². The molecule has 3 heterocycles. The van der Waals surface area contributed by atoms with Gasteiger partial charge in [0.05, 0.1) is 24.9 Å². The topological polar surface area (TPSA) is 34.6 Å². The summed E-state index contributed by atoms with van der Waals surface area (Å²) in [7, 11) is 0. The van der Waals surface area contributed by atoms with E-state index in [1.807, 2.05) is 24.5 Å². The van der Waals surface area contributed by atoms with Gasteiger partial charge in [0.15, 0.2) is 0 Å². The molecule has 4 heteroatoms. The zero-order valence-corrected chi connectivity index (χ0v) is 14.0. The Morgan fingerprint density at radius 2 is 2.00 bits per heavy atom. The molecule has 4 nitrogen and oxygen atoms in total. The lowest BCUT2D eigenvalue weighted by Gasteiger charge is -2.41. The fraction of sp³-hybridized carbons (Fsp3) is 0.737. The van der Waals surface area contributed by atoms with Crippen LogP contribution < -0.4 is 0 Å². The molecule has 3 aliphatic rings. The highest BCUT2D eigenvalue weighted by Gasteiger charge is 2.43. The Kier molecular flexibility index (Phi) is 4.65. The molecule has 1 aromatic rings. The first kappa shape index (κ1) is 15.6. The van der Waals surface area contributed by atoms with Crippen molar-refractivity contribution in [2.45, 2.75) is 56.8 Å². The van der Waals surface area contributed by atoms with Crippen molar-refractivity contribution in [1.82, 2.24) is 9.88 Å². The van der Waals surface area contributed by atoms with Crippen molar-refractivity contribution in [2.24, 2.45) is 5.92 Å². The van der Waals surface area contributed by atoms with Crippen LogP contribution in [-0.4, -0.2) is 47.8 Å². The second-order valence-electron chi connectivity index (χ2n) is 7.58. The first-order chi connectivity index (χ1) is 11.3. The van der Waals surface area contributed by atoms with Crippen molar-refractivity contribution >= 4 is 0 Å². The summed E-state index contributed by atoms with van der Waals surface area (Å²) in [5, 5.41) is 0. The van der Waals surface area contributed by atoms with Crippen molar-refractivity contribution in [2.75, 3.05) is 26.2 Å². The molecule has 0 amide bonds. The van der Waals surface area contributed by atoms with Crippen molar-refractivity contribution in [1.29, 1.82) is 0 Å². The fourth-order valence-electron chi connectivity index (χ4n) is 4.13. The number of hydrogen-bond donors (Lipinski definition) is 0. The number of likely N-dealkylation sites (tertiary alicyclic amines) is 1. The standard InChI is InChI=1S/C19H28N2O2/c1-2-16(3-1)13-21-10-6-19(7-11-21)12-18(15-23-19)22-14-17-4-8-20-9-5-17/h4-5,8-9,16,18H,1-3,6-7,10-15H2/t18-/m1/s1. The third-order valence-electron chi connectivity index (χ3n) is 5.92. The Morgan fingerprint density at radius 3 is 2.70 bits per heavy atom. The maximum atomic E-state index is 6.21. The molecular formula is C19H28N2O2. The van der Waals surface area contributed by atoms with Crippen LogP contribution in [0, 0.1) is 5.92 Å². The number of ether oxygens (including phenoxy) is 2. The number of aromatic nitrogens is 1. The zero-order chi connectivity index (χ0) is 15.5. The van der Waals surface area contributed by atoms with E-state index in [0.29, 0.717) is 6.61 Å². The van der Waals surface area contributed by atoms with Gasteiger partial charge in [-0.25, -0.2) is 0 Å². The van der Waals surface area contributed by atoms with Gasteiger partial charge < -0.3 is 14.4 Å². The van der Waals surface area contributed by atoms with Gasteiger partial charge in [0, 0.05) is 38.4 Å². The lowest BCUT2D eigenvalue weighted by Crippen LogP contribution is -2.46. The molecule has 0 unspecified atom stereocenters. The van der Waals surface area contributed by atoms with E-state index >= 15 is 0 Å². The maximum Gasteiger partial charge on any atom is 0.0840 e. The van der Waals surface area contributed by atoms with Gasteiger partial charge in [-0.3, -0.25) is 4.98 Å². The highest BCUT2D eigenvalue weighted by molar-refractivity contribution is 5.08. The molecule has 0 N–H and O–H groups in total. The molecule has 0 aromatic carbocycles. The summed E-state index contributed by atoms with van der Waals surface area (Å²) in [6, 6.07) is 4.04. The molecule has 3 fully saturated rings. The minimum atomic E-state index is 0.0963. The zero-order valence-electron chi connectivity index (χ0n) is 14.0. The van der Waals surface area contributed by atoms with Crippen molar-refractivity contribution < 1.29 is 9.47 Å². The Labute approximate surface area is 139 Å². The van der Waals surface area contributed by atoms with Gasteiger partial charge in [0.25, 0.3) is 0 Å². The molecule has 126 valence electrons. The summed E-state index contributed by atoms with van der Waals surface area (Å²) in [6.07, 6.45) is 11.7. The van der Waals surface area contributed by atoms with Crippen LogP contribution in [-0.2, 0) is 16.1 Å². The van der Waals surface area contributed by atoms with E-state index in [1.165, 1.54) is 57.3 Å². The number of hydrogen-bond acceptors (Lipinski definition) is 4. The van der Waals surface area contributed by atoms with Crippen LogP contribution in [0.4, 0.5) is 0 Å². The summed E-state index contributed by atoms with van der Waals surface area (Å²) in [4.78, 5) is 6.70. The van der Waals surface area contributed by atoms with Gasteiger partial charge in [-0.15, -0.1) is 0 Å². The molecule has 1 aromatic heterocycles. The normalized spacial score (nSPS) is 28.1. The average molecular weight is 316 g/mol. The third kappa shape index (κ3) is 3.76. The third-order valence-corrected chi connectivity index (χ3v) is 5.92. The molecule has 0 radical (unpaired) electrons. The van der Waals surface area contributed by atoms with E-state index in [2.05, 4.69) is 9.88 Å². The molecule has 2 aliphatic heterocycles. The molecule has 1 spiro atoms. The van der Waals surface area contributed by atoms with E-state index in [9.17, 15) is 0 Å². The van der Waals surface area contributed by atoms with Crippen molar-refractivity contribution in [3.63, 3.8) is 0 Å². The minimum Gasteiger partial charge on any atom is -0.372 e. The monoisotopic (exact) mass is 316 g/mol. The summed E-state index contributed by atoms with van der Waals surface area (Å²) in [6.45, 7) is 5.15. The molecule has 1 atom stereocenters. The number of pyridine rings is 1. The number of piperidine rings is 1. The highest BCUT2D eigenvalue weighted by Crippen LogP contribution is 2.38. The Bertz CT molecular complexity index is 495. The number of rotatable bonds is 5. The van der Waals surface area contributed by atoms with E-state index in [0.717, 1.165) is 18.9 Å². The van der Waals surface area contributed by atoms with Crippen LogP contribution in [0.25, 0.3) is 0 Å². The van der Waals surface area contributed by atoms with Gasteiger partial charge in [-0.1, -0.05) is 6.42 Å². The van der Waals surface area contributed by atoms with Crippen LogP contribution in [0.1, 0.15) is 44.1 Å². The first-order valence-electron chi connectivity index (χ1n) is 9.18. The highest BCUT2D eigenvalue weighted by atomic mass is 16.6. The van der Waals surface area contributed by atoms with Crippen LogP contribution in [0.15, 0.2) is 24.5 Å². The summed E-state index contributed by atoms with van der Waals surface area (Å²) in [5.74, 6) is 0.977. The number of nitrogens with zero attached hydrogens (tertiary/aromatic N) is 2. The van der Waals surface area contributed by atoms with Gasteiger partial charge in [-0.2, -0.15) is 0 Å². The second kappa shape index (κ2) is 6.88. The molecule has 2 saturated heterocycles. The van der Waals surface area contributed by atoms with Gasteiger partial charge in [0.1, 0.15) is 0 Å². The Hall–Kier alpha value is -0.970. The molecule has 23 heavy (non-hydrogen) atoms. The molecule has 1 saturated carbocycles. The largest absolute Gasteiger partial charge is 0.372 e. The van der Waals surface area contributed by atoms with Crippen LogP contribution in [0.2, 0.25) is 0 Å². The van der Waals surface area contributed by atoms with Crippen LogP contribution in [0.5, 0.6) is 0 Å². The summed E-state index contributed by atoms with van der Waals surface area (Å²) in [5.41, 5.74) is 1.29. The van der Waals surface area contributed by atoms with Gasteiger partial charge in [0.2, 0.25) is 0 Å². The van der Waals surface area contributed by atoms with Crippen LogP contribution in [0.3, 0.4) is 0 Å². The quantitative estimate of drug-likeness (QED) is 0.836. The molecular weight excluding hydrogens is 288 g/mol. The van der Waals surface area contributed by atoms with Gasteiger partial charge in [-0.05, 0) is 49.3 Å². The molecule has 4 rings (SSSR count). The van der Waals surface area contributed by atoms with E-state index in [4.69, 9.17) is 9.47 Å². The Balaban J connectivity index is 1.22. The van der Waals surface area contributed by atoms with E-state index < -0.39 is 0 Å². The average Bonchev–Trinajstić information content (AvgIpc) is 2.95. The maximum absolute atomic E-state index is 6.21. The van der Waals surface area contributed by atoms with Gasteiger partial charge >= 0.3 is 0 Å². The minimum absolute atomic E-state index is 0.0963. The smallest absolute Gasteiger partial charge is 0.0840 e. The molecule has 1 aliphatic carbocycles. The SMILES string of the molecule is c1cc(CO[C@H]2COC3(CCN(CC4CCC4)CC3)C2)ccn1. The first-order valence-corrected chi connectivity index (χ1v) is 9.18. The van der Waals surface area contributed by atoms with Crippen LogP contribution >= 0.6 is 0 Å². The van der Waals surface area contributed by atoms with Crippen molar-refractivity contribution in [3.05, 3.63) is 30.1 Å².